The first-order chi connectivity index (χ1) is 6.18. The molecule has 1 aliphatic heterocycles. The molecular formula is C8H7NO3S. The van der Waals surface area contributed by atoms with Crippen LogP contribution in [0.15, 0.2) is 18.2 Å². The summed E-state index contributed by atoms with van der Waals surface area (Å²) in [6.07, 6.45) is 0.302. The van der Waals surface area contributed by atoms with E-state index in [0.29, 0.717) is 17.9 Å². The van der Waals surface area contributed by atoms with E-state index in [0.717, 1.165) is 5.56 Å². The van der Waals surface area contributed by atoms with Crippen LogP contribution in [-0.4, -0.2) is 13.5 Å². The summed E-state index contributed by atoms with van der Waals surface area (Å²) in [5.74, 6) is 0.474. The maximum absolute atomic E-state index is 10.6. The average Bonchev–Trinajstić information content (AvgIpc) is 2.49. The number of benzene rings is 1. The van der Waals surface area contributed by atoms with Gasteiger partial charge in [0.15, 0.2) is 5.75 Å². The van der Waals surface area contributed by atoms with E-state index in [-0.39, 0.29) is 5.05 Å². The second-order valence-corrected chi connectivity index (χ2v) is 3.65. The molecule has 2 N–H and O–H groups in total. The van der Waals surface area contributed by atoms with Gasteiger partial charge in [0, 0.05) is 5.56 Å². The Morgan fingerprint density at radius 3 is 2.77 bits per heavy atom. The molecule has 0 amide bonds. The van der Waals surface area contributed by atoms with Crippen LogP contribution in [0.25, 0.3) is 0 Å². The summed E-state index contributed by atoms with van der Waals surface area (Å²) >= 11 is 0. The molecule has 1 aromatic rings. The van der Waals surface area contributed by atoms with Gasteiger partial charge in [0.05, 0.1) is 12.1 Å². The van der Waals surface area contributed by atoms with E-state index in [1.165, 1.54) is 0 Å². The molecule has 0 saturated heterocycles. The van der Waals surface area contributed by atoms with Crippen LogP contribution in [0, 0.1) is 0 Å². The first kappa shape index (κ1) is 8.12. The van der Waals surface area contributed by atoms with Crippen molar-refractivity contribution in [2.45, 2.75) is 6.42 Å². The Morgan fingerprint density at radius 1 is 1.38 bits per heavy atom. The van der Waals surface area contributed by atoms with Crippen LogP contribution in [0.4, 0.5) is 5.69 Å². The van der Waals surface area contributed by atoms with Crippen LogP contribution in [0.2, 0.25) is 0 Å². The summed E-state index contributed by atoms with van der Waals surface area (Å²) in [5, 5.41) is 0.0351. The second-order valence-electron chi connectivity index (χ2n) is 2.72. The van der Waals surface area contributed by atoms with Gasteiger partial charge in [-0.3, -0.25) is 0 Å². The molecule has 1 heterocycles. The van der Waals surface area contributed by atoms with Gasteiger partial charge < -0.3 is 10.5 Å². The van der Waals surface area contributed by atoms with Gasteiger partial charge >= 0.3 is 0 Å². The molecule has 0 aliphatic carbocycles. The Labute approximate surface area is 76.5 Å². The summed E-state index contributed by atoms with van der Waals surface area (Å²) in [4.78, 5) is 0. The van der Waals surface area contributed by atoms with Crippen LogP contribution < -0.4 is 10.5 Å². The minimum Gasteiger partial charge on any atom is -0.443 e. The quantitative estimate of drug-likeness (QED) is 0.477. The third-order valence-corrected chi connectivity index (χ3v) is 2.46. The largest absolute Gasteiger partial charge is 0.443 e. The highest BCUT2D eigenvalue weighted by Gasteiger charge is 2.21. The van der Waals surface area contributed by atoms with Gasteiger partial charge in [0.2, 0.25) is 5.05 Å². The Balaban J connectivity index is 2.59. The first-order valence-electron chi connectivity index (χ1n) is 3.69. The average molecular weight is 197 g/mol. The Morgan fingerprint density at radius 2 is 2.15 bits per heavy atom. The van der Waals surface area contributed by atoms with Gasteiger partial charge in [0.25, 0.3) is 10.3 Å². The lowest BCUT2D eigenvalue weighted by molar-refractivity contribution is 0.571. The van der Waals surface area contributed by atoms with Crippen molar-refractivity contribution in [3.05, 3.63) is 23.8 Å². The molecule has 1 aromatic carbocycles. The van der Waals surface area contributed by atoms with Crippen molar-refractivity contribution < 1.29 is 13.2 Å². The number of nitrogens with two attached hydrogens (primary N) is 1. The van der Waals surface area contributed by atoms with E-state index in [4.69, 9.17) is 10.5 Å². The highest BCUT2D eigenvalue weighted by Crippen LogP contribution is 2.31. The summed E-state index contributed by atoms with van der Waals surface area (Å²) in [7, 11) is -2.29. The molecule has 5 heteroatoms. The number of hydrogen-bond acceptors (Lipinski definition) is 4. The predicted molar refractivity (Wildman–Crippen MR) is 49.1 cm³/mol. The first-order valence-corrected chi connectivity index (χ1v) is 4.76. The Kier molecular flexibility index (Phi) is 1.73. The summed E-state index contributed by atoms with van der Waals surface area (Å²) < 4.78 is 26.2. The van der Waals surface area contributed by atoms with Crippen LogP contribution in [0.3, 0.4) is 0 Å². The molecule has 0 aromatic heterocycles. The maximum atomic E-state index is 10.6. The van der Waals surface area contributed by atoms with Gasteiger partial charge in [0.1, 0.15) is 0 Å². The number of ether oxygens (including phenoxy) is 1. The fourth-order valence-corrected chi connectivity index (χ4v) is 1.69. The minimum absolute atomic E-state index is 0.0351. The zero-order chi connectivity index (χ0) is 9.42. The molecule has 68 valence electrons. The third kappa shape index (κ3) is 1.27. The Bertz CT molecular complexity index is 482. The van der Waals surface area contributed by atoms with Crippen LogP contribution in [-0.2, 0) is 16.7 Å². The van der Waals surface area contributed by atoms with Crippen molar-refractivity contribution in [1.29, 1.82) is 0 Å². The Hall–Kier alpha value is -1.49. The van der Waals surface area contributed by atoms with Crippen molar-refractivity contribution in [2.24, 2.45) is 0 Å². The van der Waals surface area contributed by atoms with Crippen LogP contribution >= 0.6 is 0 Å². The van der Waals surface area contributed by atoms with Crippen molar-refractivity contribution in [1.82, 2.24) is 0 Å². The van der Waals surface area contributed by atoms with E-state index >= 15 is 0 Å². The summed E-state index contributed by atoms with van der Waals surface area (Å²) in [6.45, 7) is 0. The molecule has 0 atom stereocenters. The standard InChI is InChI=1S/C8H7NO3S/c9-6-3-1-2-5-4-7(13(10)11)12-8(5)6/h1-3H,4,9H2. The number of hydrogen-bond donors (Lipinski definition) is 1. The predicted octanol–water partition coefficient (Wildman–Crippen LogP) is 0.213. The van der Waals surface area contributed by atoms with Gasteiger partial charge in [-0.15, -0.1) is 0 Å². The number of nitrogen functional groups attached to an aromatic ring is 1. The zero-order valence-electron chi connectivity index (χ0n) is 6.65. The third-order valence-electron chi connectivity index (χ3n) is 1.86. The summed E-state index contributed by atoms with van der Waals surface area (Å²) in [5.41, 5.74) is 6.88. The van der Waals surface area contributed by atoms with Crippen molar-refractivity contribution in [3.63, 3.8) is 0 Å². The minimum atomic E-state index is -2.29. The molecule has 13 heavy (non-hydrogen) atoms. The van der Waals surface area contributed by atoms with Crippen molar-refractivity contribution in [3.8, 4) is 5.75 Å². The fraction of sp³-hybridized carbons (Fsp3) is 0.125. The maximum Gasteiger partial charge on any atom is 0.253 e. The van der Waals surface area contributed by atoms with Crippen molar-refractivity contribution in [2.75, 3.05) is 5.73 Å². The fourth-order valence-electron chi connectivity index (χ4n) is 1.27. The van der Waals surface area contributed by atoms with Crippen LogP contribution in [0.1, 0.15) is 5.56 Å². The normalized spacial score (nSPS) is 13.7. The molecule has 0 bridgehead atoms. The number of anilines is 1. The smallest absolute Gasteiger partial charge is 0.253 e. The number of fused-ring (bicyclic) bond motifs is 1. The van der Waals surface area contributed by atoms with Gasteiger partial charge in [-0.2, -0.15) is 8.42 Å². The monoisotopic (exact) mass is 197 g/mol. The molecule has 0 spiro atoms. The van der Waals surface area contributed by atoms with E-state index in [9.17, 15) is 8.42 Å². The molecule has 0 saturated carbocycles. The topological polar surface area (TPSA) is 69.4 Å². The molecular weight excluding hydrogens is 190 g/mol. The van der Waals surface area contributed by atoms with E-state index in [1.54, 1.807) is 18.2 Å². The lowest BCUT2D eigenvalue weighted by atomic mass is 10.1. The van der Waals surface area contributed by atoms with E-state index in [2.05, 4.69) is 0 Å². The van der Waals surface area contributed by atoms with E-state index < -0.39 is 10.3 Å². The molecule has 0 fully saturated rings. The molecule has 1 aliphatic rings. The highest BCUT2D eigenvalue weighted by molar-refractivity contribution is 7.72. The van der Waals surface area contributed by atoms with Crippen LogP contribution in [0.5, 0.6) is 5.75 Å². The van der Waals surface area contributed by atoms with Gasteiger partial charge in [-0.05, 0) is 6.07 Å². The SMILES string of the molecule is Nc1cccc2c1OC(=S(=O)=O)C2. The number of rotatable bonds is 0. The highest BCUT2D eigenvalue weighted by atomic mass is 32.2. The zero-order valence-corrected chi connectivity index (χ0v) is 7.47. The lowest BCUT2D eigenvalue weighted by Crippen LogP contribution is -2.04. The molecule has 0 radical (unpaired) electrons. The molecule has 4 nitrogen and oxygen atoms in total. The lowest BCUT2D eigenvalue weighted by Gasteiger charge is -1.99. The summed E-state index contributed by atoms with van der Waals surface area (Å²) in [6, 6.07) is 5.25. The van der Waals surface area contributed by atoms with Gasteiger partial charge in [-0.25, -0.2) is 0 Å². The van der Waals surface area contributed by atoms with Gasteiger partial charge in [-0.1, -0.05) is 12.1 Å². The number of para-hydroxylation sites is 1. The van der Waals surface area contributed by atoms with Crippen molar-refractivity contribution >= 4 is 21.0 Å². The van der Waals surface area contributed by atoms with E-state index in [1.807, 2.05) is 0 Å². The molecule has 2 rings (SSSR count). The second kappa shape index (κ2) is 2.77. The molecule has 0 unspecified atom stereocenters.